The van der Waals surface area contributed by atoms with Crippen molar-refractivity contribution in [3.05, 3.63) is 29.3 Å². The number of carbonyl (C=O) groups is 2. The van der Waals surface area contributed by atoms with Crippen molar-refractivity contribution in [2.75, 3.05) is 20.3 Å². The number of rotatable bonds is 8. The van der Waals surface area contributed by atoms with Crippen LogP contribution in [-0.4, -0.2) is 32.3 Å². The monoisotopic (exact) mass is 336 g/mol. The zero-order valence-corrected chi connectivity index (χ0v) is 15.3. The van der Waals surface area contributed by atoms with Gasteiger partial charge in [-0.3, -0.25) is 4.79 Å². The van der Waals surface area contributed by atoms with Crippen LogP contribution in [-0.2, 0) is 20.7 Å². The molecule has 5 heteroatoms. The van der Waals surface area contributed by atoms with Crippen molar-refractivity contribution in [2.45, 2.75) is 47.0 Å². The van der Waals surface area contributed by atoms with E-state index in [0.29, 0.717) is 24.5 Å². The smallest absolute Gasteiger partial charge is 0.341 e. The Hall–Kier alpha value is -2.04. The third kappa shape index (κ3) is 6.22. The molecule has 0 saturated heterocycles. The Bertz CT molecular complexity index is 557. The largest absolute Gasteiger partial charge is 0.496 e. The van der Waals surface area contributed by atoms with Gasteiger partial charge < -0.3 is 14.2 Å². The van der Waals surface area contributed by atoms with E-state index in [1.54, 1.807) is 19.1 Å². The van der Waals surface area contributed by atoms with Crippen LogP contribution >= 0.6 is 0 Å². The van der Waals surface area contributed by atoms with Crippen LogP contribution in [0.1, 0.15) is 56.5 Å². The lowest BCUT2D eigenvalue weighted by Crippen LogP contribution is -2.23. The minimum Gasteiger partial charge on any atom is -0.496 e. The molecule has 0 aliphatic heterocycles. The Morgan fingerprint density at radius 1 is 1.08 bits per heavy atom. The highest BCUT2D eigenvalue weighted by molar-refractivity contribution is 5.92. The standard InChI is InChI=1S/C19H28O5/c1-6-23-17(20)15-13-14(10-11-16(15)22-5)9-7-8-12-24-18(21)19(2,3)4/h10-11,13H,6-9,12H2,1-5H3. The minimum absolute atomic E-state index is 0.184. The van der Waals surface area contributed by atoms with Crippen LogP contribution in [0.5, 0.6) is 5.75 Å². The summed E-state index contributed by atoms with van der Waals surface area (Å²) in [5, 5.41) is 0. The van der Waals surface area contributed by atoms with E-state index >= 15 is 0 Å². The molecule has 0 bridgehead atoms. The lowest BCUT2D eigenvalue weighted by atomic mass is 9.97. The topological polar surface area (TPSA) is 61.8 Å². The second kappa shape index (κ2) is 9.30. The summed E-state index contributed by atoms with van der Waals surface area (Å²) >= 11 is 0. The van der Waals surface area contributed by atoms with Crippen molar-refractivity contribution in [3.8, 4) is 5.75 Å². The maximum Gasteiger partial charge on any atom is 0.341 e. The van der Waals surface area contributed by atoms with Gasteiger partial charge in [0.15, 0.2) is 0 Å². The average Bonchev–Trinajstić information content (AvgIpc) is 2.53. The second-order valence-electron chi connectivity index (χ2n) is 6.60. The summed E-state index contributed by atoms with van der Waals surface area (Å²) in [5.74, 6) is -0.0526. The molecule has 1 aromatic carbocycles. The van der Waals surface area contributed by atoms with Crippen LogP contribution in [0.25, 0.3) is 0 Å². The Labute approximate surface area is 144 Å². The summed E-state index contributed by atoms with van der Waals surface area (Å²) in [7, 11) is 1.53. The molecule has 0 atom stereocenters. The molecule has 24 heavy (non-hydrogen) atoms. The molecule has 0 fully saturated rings. The van der Waals surface area contributed by atoms with Gasteiger partial charge in [0.1, 0.15) is 11.3 Å². The van der Waals surface area contributed by atoms with Gasteiger partial charge in [-0.15, -0.1) is 0 Å². The lowest BCUT2D eigenvalue weighted by molar-refractivity contribution is -0.153. The van der Waals surface area contributed by atoms with Gasteiger partial charge in [-0.1, -0.05) is 6.07 Å². The summed E-state index contributed by atoms with van der Waals surface area (Å²) in [6.45, 7) is 8.02. The first-order valence-electron chi connectivity index (χ1n) is 8.30. The number of esters is 2. The van der Waals surface area contributed by atoms with Gasteiger partial charge in [0.25, 0.3) is 0 Å². The zero-order chi connectivity index (χ0) is 18.2. The lowest BCUT2D eigenvalue weighted by Gasteiger charge is -2.16. The number of aryl methyl sites for hydroxylation is 1. The number of unbranched alkanes of at least 4 members (excludes halogenated alkanes) is 1. The van der Waals surface area contributed by atoms with Crippen LogP contribution in [0, 0.1) is 5.41 Å². The van der Waals surface area contributed by atoms with E-state index in [4.69, 9.17) is 14.2 Å². The Kier molecular flexibility index (Phi) is 7.75. The van der Waals surface area contributed by atoms with E-state index in [-0.39, 0.29) is 11.9 Å². The third-order valence-electron chi connectivity index (χ3n) is 3.46. The molecule has 0 aliphatic carbocycles. The summed E-state index contributed by atoms with van der Waals surface area (Å²) in [4.78, 5) is 23.6. The molecule has 1 aromatic rings. The Morgan fingerprint density at radius 2 is 1.79 bits per heavy atom. The molecular weight excluding hydrogens is 308 g/mol. The van der Waals surface area contributed by atoms with E-state index in [2.05, 4.69) is 0 Å². The highest BCUT2D eigenvalue weighted by atomic mass is 16.5. The van der Waals surface area contributed by atoms with Crippen LogP contribution in [0.2, 0.25) is 0 Å². The fourth-order valence-corrected chi connectivity index (χ4v) is 2.09. The van der Waals surface area contributed by atoms with E-state index in [0.717, 1.165) is 24.8 Å². The van der Waals surface area contributed by atoms with Crippen LogP contribution in [0.3, 0.4) is 0 Å². The highest BCUT2D eigenvalue weighted by Crippen LogP contribution is 2.22. The van der Waals surface area contributed by atoms with Gasteiger partial charge in [-0.25, -0.2) is 4.79 Å². The zero-order valence-electron chi connectivity index (χ0n) is 15.3. The van der Waals surface area contributed by atoms with Crippen molar-refractivity contribution in [2.24, 2.45) is 5.41 Å². The SMILES string of the molecule is CCOC(=O)c1cc(CCCCOC(=O)C(C)(C)C)ccc1OC. The molecule has 0 N–H and O–H groups in total. The van der Waals surface area contributed by atoms with Crippen LogP contribution in [0.4, 0.5) is 0 Å². The number of methoxy groups -OCH3 is 1. The first kappa shape index (κ1) is 20.0. The van der Waals surface area contributed by atoms with E-state index in [1.807, 2.05) is 26.8 Å². The number of hydrogen-bond donors (Lipinski definition) is 0. The summed E-state index contributed by atoms with van der Waals surface area (Å²) in [5.41, 5.74) is 1.00. The second-order valence-corrected chi connectivity index (χ2v) is 6.60. The van der Waals surface area contributed by atoms with Gasteiger partial charge in [0.2, 0.25) is 0 Å². The van der Waals surface area contributed by atoms with E-state index in [1.165, 1.54) is 7.11 Å². The number of benzene rings is 1. The first-order chi connectivity index (χ1) is 11.3. The molecule has 1 rings (SSSR count). The first-order valence-corrected chi connectivity index (χ1v) is 8.30. The van der Waals surface area contributed by atoms with Gasteiger partial charge in [0.05, 0.1) is 25.7 Å². The predicted octanol–water partition coefficient (Wildman–Crippen LogP) is 3.78. The highest BCUT2D eigenvalue weighted by Gasteiger charge is 2.22. The molecule has 0 radical (unpaired) electrons. The van der Waals surface area contributed by atoms with Crippen molar-refractivity contribution in [3.63, 3.8) is 0 Å². The van der Waals surface area contributed by atoms with Crippen LogP contribution < -0.4 is 4.74 Å². The van der Waals surface area contributed by atoms with Gasteiger partial charge in [0, 0.05) is 0 Å². The van der Waals surface area contributed by atoms with Gasteiger partial charge >= 0.3 is 11.9 Å². The van der Waals surface area contributed by atoms with Crippen molar-refractivity contribution in [1.82, 2.24) is 0 Å². The Balaban J connectivity index is 2.52. The summed E-state index contributed by atoms with van der Waals surface area (Å²) in [6, 6.07) is 5.52. The molecule has 0 heterocycles. The number of ether oxygens (including phenoxy) is 3. The van der Waals surface area contributed by atoms with E-state index < -0.39 is 5.41 Å². The molecule has 134 valence electrons. The van der Waals surface area contributed by atoms with Gasteiger partial charge in [-0.05, 0) is 64.7 Å². The average molecular weight is 336 g/mol. The predicted molar refractivity (Wildman–Crippen MR) is 92.3 cm³/mol. The Morgan fingerprint density at radius 3 is 2.38 bits per heavy atom. The fraction of sp³-hybridized carbons (Fsp3) is 0.579. The molecule has 0 aliphatic rings. The maximum absolute atomic E-state index is 12.0. The fourth-order valence-electron chi connectivity index (χ4n) is 2.09. The van der Waals surface area contributed by atoms with Crippen molar-refractivity contribution < 1.29 is 23.8 Å². The molecule has 5 nitrogen and oxygen atoms in total. The normalized spacial score (nSPS) is 11.0. The van der Waals surface area contributed by atoms with E-state index in [9.17, 15) is 9.59 Å². The quantitative estimate of drug-likeness (QED) is 0.534. The van der Waals surface area contributed by atoms with Crippen LogP contribution in [0.15, 0.2) is 18.2 Å². The third-order valence-corrected chi connectivity index (χ3v) is 3.46. The molecule has 0 spiro atoms. The van der Waals surface area contributed by atoms with Crippen molar-refractivity contribution in [1.29, 1.82) is 0 Å². The molecule has 0 saturated carbocycles. The molecule has 0 amide bonds. The molecular formula is C19H28O5. The summed E-state index contributed by atoms with van der Waals surface area (Å²) < 4.78 is 15.5. The minimum atomic E-state index is -0.468. The van der Waals surface area contributed by atoms with Crippen molar-refractivity contribution >= 4 is 11.9 Å². The summed E-state index contributed by atoms with van der Waals surface area (Å²) in [6.07, 6.45) is 2.44. The molecule has 0 unspecified atom stereocenters. The molecule has 0 aromatic heterocycles. The van der Waals surface area contributed by atoms with Gasteiger partial charge in [-0.2, -0.15) is 0 Å². The number of hydrogen-bond acceptors (Lipinski definition) is 5. The maximum atomic E-state index is 12.0. The number of carbonyl (C=O) groups excluding carboxylic acids is 2.